The molecule has 2 amide bonds. The second-order valence-electron chi connectivity index (χ2n) is 6.70. The first-order valence-corrected chi connectivity index (χ1v) is 9.69. The van der Waals surface area contributed by atoms with E-state index in [0.717, 1.165) is 19.3 Å². The summed E-state index contributed by atoms with van der Waals surface area (Å²) in [6.07, 6.45) is 3.20. The number of hydrogen-bond donors (Lipinski definition) is 2. The van der Waals surface area contributed by atoms with Crippen LogP contribution >= 0.6 is 11.3 Å². The minimum Gasteiger partial charge on any atom is -0.493 e. The van der Waals surface area contributed by atoms with Gasteiger partial charge in [0.1, 0.15) is 0 Å². The second-order valence-corrected chi connectivity index (χ2v) is 7.84. The molecule has 0 saturated heterocycles. The normalized spacial score (nSPS) is 15.6. The molecule has 0 saturated carbocycles. The first-order valence-electron chi connectivity index (χ1n) is 8.87. The van der Waals surface area contributed by atoms with Gasteiger partial charge in [-0.05, 0) is 48.9 Å². The lowest BCUT2D eigenvalue weighted by Gasteiger charge is -2.16. The van der Waals surface area contributed by atoms with Gasteiger partial charge in [0.25, 0.3) is 11.8 Å². The molecule has 2 aromatic rings. The molecule has 27 heavy (non-hydrogen) atoms. The predicted molar refractivity (Wildman–Crippen MR) is 106 cm³/mol. The van der Waals surface area contributed by atoms with Crippen molar-refractivity contribution in [1.82, 2.24) is 5.32 Å². The summed E-state index contributed by atoms with van der Waals surface area (Å²) in [5.74, 6) is 0.932. The van der Waals surface area contributed by atoms with E-state index in [0.29, 0.717) is 33.5 Å². The predicted octanol–water partition coefficient (Wildman–Crippen LogP) is 3.50. The lowest BCUT2D eigenvalue weighted by Crippen LogP contribution is -2.19. The van der Waals surface area contributed by atoms with E-state index < -0.39 is 0 Å². The van der Waals surface area contributed by atoms with E-state index in [1.54, 1.807) is 19.2 Å². The van der Waals surface area contributed by atoms with Crippen molar-refractivity contribution in [2.24, 2.45) is 5.92 Å². The fourth-order valence-corrected chi connectivity index (χ4v) is 4.44. The number of anilines is 1. The van der Waals surface area contributed by atoms with Crippen molar-refractivity contribution >= 4 is 28.8 Å². The largest absolute Gasteiger partial charge is 0.493 e. The Morgan fingerprint density at radius 3 is 2.59 bits per heavy atom. The molecule has 0 bridgehead atoms. The maximum absolute atomic E-state index is 12.8. The van der Waals surface area contributed by atoms with Crippen LogP contribution in [0.5, 0.6) is 11.5 Å². The lowest BCUT2D eigenvalue weighted by molar-refractivity contribution is 0.0961. The minimum atomic E-state index is -0.271. The number of amides is 2. The van der Waals surface area contributed by atoms with Crippen LogP contribution in [-0.2, 0) is 12.8 Å². The molecule has 6 nitrogen and oxygen atoms in total. The van der Waals surface area contributed by atoms with Gasteiger partial charge < -0.3 is 20.1 Å². The number of thiophene rings is 1. The average molecular weight is 388 g/mol. The molecule has 1 atom stereocenters. The molecule has 0 fully saturated rings. The number of carbonyl (C=O) groups is 2. The van der Waals surface area contributed by atoms with Crippen molar-refractivity contribution in [3.8, 4) is 11.5 Å². The fraction of sp³-hybridized carbons (Fsp3) is 0.400. The fourth-order valence-electron chi connectivity index (χ4n) is 3.33. The second kappa shape index (κ2) is 8.00. The van der Waals surface area contributed by atoms with Crippen molar-refractivity contribution < 1.29 is 19.1 Å². The van der Waals surface area contributed by atoms with Crippen molar-refractivity contribution in [2.75, 3.05) is 26.6 Å². The van der Waals surface area contributed by atoms with Crippen molar-refractivity contribution in [1.29, 1.82) is 0 Å². The van der Waals surface area contributed by atoms with E-state index in [1.807, 2.05) is 6.07 Å². The highest BCUT2D eigenvalue weighted by molar-refractivity contribution is 7.14. The van der Waals surface area contributed by atoms with E-state index >= 15 is 0 Å². The van der Waals surface area contributed by atoms with Crippen LogP contribution in [0.4, 0.5) is 5.69 Å². The Labute approximate surface area is 162 Å². The zero-order chi connectivity index (χ0) is 19.6. The summed E-state index contributed by atoms with van der Waals surface area (Å²) in [4.78, 5) is 26.8. The summed E-state index contributed by atoms with van der Waals surface area (Å²) >= 11 is 1.54. The van der Waals surface area contributed by atoms with E-state index in [9.17, 15) is 9.59 Å². The standard InChI is InChI=1S/C20H24N2O4S/c1-11-5-6-16-12(7-11)10-17(27-16)20(24)22-14-8-13(19(23)21-2)9-15(25-3)18(14)26-4/h8-11H,5-7H2,1-4H3,(H,21,23)(H,22,24). The molecule has 1 aromatic heterocycles. The molecule has 3 rings (SSSR count). The third-order valence-corrected chi connectivity index (χ3v) is 6.01. The smallest absolute Gasteiger partial charge is 0.265 e. The SMILES string of the molecule is CNC(=O)c1cc(NC(=O)c2cc3c(s2)CCC(C)C3)c(OC)c(OC)c1. The maximum Gasteiger partial charge on any atom is 0.265 e. The first-order chi connectivity index (χ1) is 13.0. The molecule has 1 aliphatic carbocycles. The van der Waals surface area contributed by atoms with Crippen LogP contribution < -0.4 is 20.1 Å². The van der Waals surface area contributed by atoms with Crippen LogP contribution in [0.3, 0.4) is 0 Å². The van der Waals surface area contributed by atoms with Gasteiger partial charge in [-0.3, -0.25) is 9.59 Å². The van der Waals surface area contributed by atoms with Gasteiger partial charge >= 0.3 is 0 Å². The summed E-state index contributed by atoms with van der Waals surface area (Å²) in [6.45, 7) is 2.24. The Morgan fingerprint density at radius 2 is 1.93 bits per heavy atom. The molecule has 1 heterocycles. The van der Waals surface area contributed by atoms with Gasteiger partial charge in [-0.25, -0.2) is 0 Å². The van der Waals surface area contributed by atoms with E-state index in [4.69, 9.17) is 9.47 Å². The third kappa shape index (κ3) is 3.93. The number of benzene rings is 1. The topological polar surface area (TPSA) is 76.7 Å². The van der Waals surface area contributed by atoms with Gasteiger partial charge in [-0.2, -0.15) is 0 Å². The highest BCUT2D eigenvalue weighted by atomic mass is 32.1. The molecule has 0 aliphatic heterocycles. The number of fused-ring (bicyclic) bond motifs is 1. The van der Waals surface area contributed by atoms with Gasteiger partial charge in [0.15, 0.2) is 11.5 Å². The maximum atomic E-state index is 12.8. The Balaban J connectivity index is 1.92. The van der Waals surface area contributed by atoms with Crippen LogP contribution in [0.15, 0.2) is 18.2 Å². The Morgan fingerprint density at radius 1 is 1.15 bits per heavy atom. The number of carbonyl (C=O) groups excluding carboxylic acids is 2. The molecule has 1 aromatic carbocycles. The number of aryl methyl sites for hydroxylation is 1. The molecule has 1 unspecified atom stereocenters. The summed E-state index contributed by atoms with van der Waals surface area (Å²) in [5, 5.41) is 5.45. The molecule has 1 aliphatic rings. The summed E-state index contributed by atoms with van der Waals surface area (Å²) in [5.41, 5.74) is 2.05. The van der Waals surface area contributed by atoms with Gasteiger partial charge in [-0.15, -0.1) is 11.3 Å². The van der Waals surface area contributed by atoms with Crippen molar-refractivity contribution in [3.05, 3.63) is 39.1 Å². The number of rotatable bonds is 5. The molecular weight excluding hydrogens is 364 g/mol. The number of methoxy groups -OCH3 is 2. The highest BCUT2D eigenvalue weighted by Gasteiger charge is 2.22. The average Bonchev–Trinajstić information content (AvgIpc) is 3.09. The highest BCUT2D eigenvalue weighted by Crippen LogP contribution is 2.38. The van der Waals surface area contributed by atoms with Crippen LogP contribution in [-0.4, -0.2) is 33.1 Å². The Bertz CT molecular complexity index is 875. The monoisotopic (exact) mass is 388 g/mol. The van der Waals surface area contributed by atoms with Gasteiger partial charge in [0.2, 0.25) is 0 Å². The quantitative estimate of drug-likeness (QED) is 0.822. The third-order valence-electron chi connectivity index (χ3n) is 4.77. The zero-order valence-corrected chi connectivity index (χ0v) is 16.8. The van der Waals surface area contributed by atoms with Gasteiger partial charge in [-0.1, -0.05) is 6.92 Å². The van der Waals surface area contributed by atoms with Crippen molar-refractivity contribution in [3.63, 3.8) is 0 Å². The van der Waals surface area contributed by atoms with Crippen LogP contribution in [0.1, 0.15) is 43.8 Å². The summed E-state index contributed by atoms with van der Waals surface area (Å²) < 4.78 is 10.7. The lowest BCUT2D eigenvalue weighted by atomic mass is 9.90. The minimum absolute atomic E-state index is 0.212. The molecule has 2 N–H and O–H groups in total. The Kier molecular flexibility index (Phi) is 5.70. The molecular formula is C20H24N2O4S. The summed E-state index contributed by atoms with van der Waals surface area (Å²) in [7, 11) is 4.54. The van der Waals surface area contributed by atoms with Crippen LogP contribution in [0.2, 0.25) is 0 Å². The number of nitrogens with one attached hydrogen (secondary N) is 2. The van der Waals surface area contributed by atoms with Crippen LogP contribution in [0, 0.1) is 5.92 Å². The van der Waals surface area contributed by atoms with E-state index in [-0.39, 0.29) is 11.8 Å². The molecule has 0 spiro atoms. The van der Waals surface area contributed by atoms with Crippen LogP contribution in [0.25, 0.3) is 0 Å². The number of ether oxygens (including phenoxy) is 2. The summed E-state index contributed by atoms with van der Waals surface area (Å²) in [6, 6.07) is 5.16. The first kappa shape index (κ1) is 19.2. The Hall–Kier alpha value is -2.54. The van der Waals surface area contributed by atoms with E-state index in [1.165, 1.54) is 36.0 Å². The number of hydrogen-bond acceptors (Lipinski definition) is 5. The van der Waals surface area contributed by atoms with Gasteiger partial charge in [0.05, 0.1) is 24.8 Å². The zero-order valence-electron chi connectivity index (χ0n) is 16.0. The van der Waals surface area contributed by atoms with Gasteiger partial charge in [0, 0.05) is 17.5 Å². The van der Waals surface area contributed by atoms with E-state index in [2.05, 4.69) is 17.6 Å². The molecule has 0 radical (unpaired) electrons. The van der Waals surface area contributed by atoms with Crippen molar-refractivity contribution in [2.45, 2.75) is 26.2 Å². The molecule has 7 heteroatoms. The molecule has 144 valence electrons.